The summed E-state index contributed by atoms with van der Waals surface area (Å²) in [6, 6.07) is 5.06. The van der Waals surface area contributed by atoms with Crippen molar-refractivity contribution < 1.29 is 9.66 Å². The maximum absolute atomic E-state index is 11.1. The molecule has 1 unspecified atom stereocenters. The van der Waals surface area contributed by atoms with Gasteiger partial charge in [-0.1, -0.05) is 15.9 Å². The van der Waals surface area contributed by atoms with Gasteiger partial charge >= 0.3 is 0 Å². The highest BCUT2D eigenvalue weighted by Gasteiger charge is 2.46. The average Bonchev–Trinajstić information content (AvgIpc) is 2.48. The molecule has 20 heavy (non-hydrogen) atoms. The molecular weight excluding hydrogens is 324 g/mol. The van der Waals surface area contributed by atoms with Crippen molar-refractivity contribution in [2.75, 3.05) is 5.32 Å². The monoisotopic (exact) mass is 342 g/mol. The van der Waals surface area contributed by atoms with Crippen LogP contribution < -0.4 is 5.32 Å². The lowest BCUT2D eigenvalue weighted by molar-refractivity contribution is -0.384. The minimum absolute atomic E-state index is 0.0253. The molecule has 0 saturated carbocycles. The molecule has 2 rings (SSSR count). The maximum atomic E-state index is 11.1. The fraction of sp³-hybridized carbons (Fsp3) is 0.571. The van der Waals surface area contributed by atoms with Crippen molar-refractivity contribution in [3.05, 3.63) is 32.8 Å². The van der Waals surface area contributed by atoms with Crippen LogP contribution in [-0.4, -0.2) is 22.2 Å². The molecule has 6 heteroatoms. The second-order valence-corrected chi connectivity index (χ2v) is 7.20. The van der Waals surface area contributed by atoms with E-state index in [4.69, 9.17) is 4.74 Å². The van der Waals surface area contributed by atoms with Gasteiger partial charge in [-0.25, -0.2) is 0 Å². The SMILES string of the molecule is CC1(C)CC(Nc2ccc(Br)cc2[N+](=O)[O-])C(C)(C)O1. The molecule has 0 radical (unpaired) electrons. The van der Waals surface area contributed by atoms with E-state index in [1.54, 1.807) is 12.1 Å². The molecule has 1 aromatic carbocycles. The first-order valence-electron chi connectivity index (χ1n) is 6.51. The summed E-state index contributed by atoms with van der Waals surface area (Å²) in [6.07, 6.45) is 0.799. The number of halogens is 1. The molecule has 0 aromatic heterocycles. The second kappa shape index (κ2) is 5.00. The van der Waals surface area contributed by atoms with Gasteiger partial charge in [-0.05, 0) is 46.2 Å². The van der Waals surface area contributed by atoms with Crippen LogP contribution in [0.1, 0.15) is 34.1 Å². The van der Waals surface area contributed by atoms with Gasteiger partial charge in [0.15, 0.2) is 0 Å². The van der Waals surface area contributed by atoms with Crippen LogP contribution >= 0.6 is 15.9 Å². The number of hydrogen-bond acceptors (Lipinski definition) is 4. The topological polar surface area (TPSA) is 64.4 Å². The molecule has 1 N–H and O–H groups in total. The van der Waals surface area contributed by atoms with E-state index in [1.807, 2.05) is 27.7 Å². The fourth-order valence-electron chi connectivity index (χ4n) is 2.75. The summed E-state index contributed by atoms with van der Waals surface area (Å²) in [5.41, 5.74) is -0.00657. The largest absolute Gasteiger partial charge is 0.374 e. The predicted molar refractivity (Wildman–Crippen MR) is 82.1 cm³/mol. The minimum Gasteiger partial charge on any atom is -0.374 e. The molecule has 1 fully saturated rings. The molecule has 0 spiro atoms. The van der Waals surface area contributed by atoms with Gasteiger partial charge in [-0.2, -0.15) is 0 Å². The number of nitro groups is 1. The standard InChI is InChI=1S/C14H19BrN2O3/c1-13(2)8-12(14(3,4)20-13)16-10-6-5-9(15)7-11(10)17(18)19/h5-7,12,16H,8H2,1-4H3. The Labute approximate surface area is 127 Å². The van der Waals surface area contributed by atoms with Crippen LogP contribution in [-0.2, 0) is 4.74 Å². The lowest BCUT2D eigenvalue weighted by Gasteiger charge is -2.28. The third-order valence-electron chi connectivity index (χ3n) is 3.56. The van der Waals surface area contributed by atoms with Gasteiger partial charge in [0.25, 0.3) is 5.69 Å². The lowest BCUT2D eigenvalue weighted by Crippen LogP contribution is -2.38. The molecule has 1 heterocycles. The number of nitrogens with one attached hydrogen (secondary N) is 1. The van der Waals surface area contributed by atoms with Gasteiger partial charge in [0.1, 0.15) is 5.69 Å². The van der Waals surface area contributed by atoms with Gasteiger partial charge in [0, 0.05) is 10.5 Å². The van der Waals surface area contributed by atoms with Crippen LogP contribution in [0.25, 0.3) is 0 Å². The van der Waals surface area contributed by atoms with E-state index in [9.17, 15) is 10.1 Å². The Morgan fingerprint density at radius 2 is 2.05 bits per heavy atom. The van der Waals surface area contributed by atoms with Crippen molar-refractivity contribution in [3.8, 4) is 0 Å². The molecule has 1 saturated heterocycles. The third kappa shape index (κ3) is 3.12. The van der Waals surface area contributed by atoms with Gasteiger partial charge in [-0.15, -0.1) is 0 Å². The van der Waals surface area contributed by atoms with Gasteiger partial charge < -0.3 is 10.1 Å². The van der Waals surface area contributed by atoms with Crippen molar-refractivity contribution >= 4 is 27.3 Å². The Hall–Kier alpha value is -1.14. The molecule has 1 aliphatic heterocycles. The Balaban J connectivity index is 2.29. The summed E-state index contributed by atoms with van der Waals surface area (Å²) in [5, 5.41) is 14.4. The zero-order valence-electron chi connectivity index (χ0n) is 12.1. The first-order valence-corrected chi connectivity index (χ1v) is 7.31. The summed E-state index contributed by atoms with van der Waals surface area (Å²) < 4.78 is 6.70. The lowest BCUT2D eigenvalue weighted by atomic mass is 9.94. The Morgan fingerprint density at radius 3 is 2.55 bits per heavy atom. The van der Waals surface area contributed by atoms with Gasteiger partial charge in [-0.3, -0.25) is 10.1 Å². The summed E-state index contributed by atoms with van der Waals surface area (Å²) in [4.78, 5) is 10.8. The van der Waals surface area contributed by atoms with Crippen LogP contribution in [0.4, 0.5) is 11.4 Å². The number of hydrogen-bond donors (Lipinski definition) is 1. The van der Waals surface area contributed by atoms with E-state index in [0.717, 1.165) is 6.42 Å². The molecule has 1 aromatic rings. The smallest absolute Gasteiger partial charge is 0.293 e. The molecule has 0 aliphatic carbocycles. The van der Waals surface area contributed by atoms with E-state index >= 15 is 0 Å². The fourth-order valence-corrected chi connectivity index (χ4v) is 3.10. The maximum Gasteiger partial charge on any atom is 0.293 e. The van der Waals surface area contributed by atoms with Crippen LogP contribution in [0.5, 0.6) is 0 Å². The van der Waals surface area contributed by atoms with Crippen molar-refractivity contribution in [1.82, 2.24) is 0 Å². The van der Waals surface area contributed by atoms with Crippen LogP contribution in [0.2, 0.25) is 0 Å². The first kappa shape index (κ1) is 15.3. The molecule has 5 nitrogen and oxygen atoms in total. The summed E-state index contributed by atoms with van der Waals surface area (Å²) in [7, 11) is 0. The number of nitro benzene ring substituents is 1. The Kier molecular flexibility index (Phi) is 3.81. The van der Waals surface area contributed by atoms with Crippen molar-refractivity contribution in [1.29, 1.82) is 0 Å². The van der Waals surface area contributed by atoms with Crippen molar-refractivity contribution in [2.45, 2.75) is 51.4 Å². The van der Waals surface area contributed by atoms with Crippen LogP contribution in [0.15, 0.2) is 22.7 Å². The number of ether oxygens (including phenoxy) is 1. The zero-order valence-corrected chi connectivity index (χ0v) is 13.7. The normalized spacial score (nSPS) is 23.6. The van der Waals surface area contributed by atoms with E-state index in [0.29, 0.717) is 10.2 Å². The zero-order chi connectivity index (χ0) is 15.1. The number of anilines is 1. The summed E-state index contributed by atoms with van der Waals surface area (Å²) in [5.74, 6) is 0. The second-order valence-electron chi connectivity index (χ2n) is 6.28. The molecule has 1 aliphatic rings. The molecular formula is C14H19BrN2O3. The molecule has 1 atom stereocenters. The summed E-state index contributed by atoms with van der Waals surface area (Å²) >= 11 is 3.26. The van der Waals surface area contributed by atoms with Gasteiger partial charge in [0.05, 0.1) is 22.2 Å². The number of benzene rings is 1. The molecule has 110 valence electrons. The molecule has 0 bridgehead atoms. The average molecular weight is 343 g/mol. The van der Waals surface area contributed by atoms with Gasteiger partial charge in [0.2, 0.25) is 0 Å². The summed E-state index contributed by atoms with van der Waals surface area (Å²) in [6.45, 7) is 8.08. The van der Waals surface area contributed by atoms with E-state index in [2.05, 4.69) is 21.2 Å². The highest BCUT2D eigenvalue weighted by Crippen LogP contribution is 2.40. The highest BCUT2D eigenvalue weighted by molar-refractivity contribution is 9.10. The molecule has 0 amide bonds. The predicted octanol–water partition coefficient (Wildman–Crippen LogP) is 4.12. The quantitative estimate of drug-likeness (QED) is 0.662. The first-order chi connectivity index (χ1) is 9.11. The van der Waals surface area contributed by atoms with Crippen LogP contribution in [0.3, 0.4) is 0 Å². The van der Waals surface area contributed by atoms with E-state index in [-0.39, 0.29) is 27.9 Å². The van der Waals surface area contributed by atoms with E-state index < -0.39 is 0 Å². The van der Waals surface area contributed by atoms with Crippen LogP contribution in [0, 0.1) is 10.1 Å². The van der Waals surface area contributed by atoms with E-state index in [1.165, 1.54) is 6.07 Å². The third-order valence-corrected chi connectivity index (χ3v) is 4.05. The number of nitrogens with zero attached hydrogens (tertiary/aromatic N) is 1. The van der Waals surface area contributed by atoms with Crippen molar-refractivity contribution in [2.24, 2.45) is 0 Å². The highest BCUT2D eigenvalue weighted by atomic mass is 79.9. The minimum atomic E-state index is -0.374. The van der Waals surface area contributed by atoms with Crippen molar-refractivity contribution in [3.63, 3.8) is 0 Å². The Bertz CT molecular complexity index is 543. The Morgan fingerprint density at radius 1 is 1.40 bits per heavy atom. The number of rotatable bonds is 3.